The van der Waals surface area contributed by atoms with Gasteiger partial charge in [-0.25, -0.2) is 14.9 Å². The van der Waals surface area contributed by atoms with Crippen LogP contribution < -0.4 is 10.8 Å². The number of unbranched alkanes of at least 4 members (excludes halogenated alkanes) is 1. The van der Waals surface area contributed by atoms with Gasteiger partial charge in [0.15, 0.2) is 5.82 Å². The van der Waals surface area contributed by atoms with Crippen LogP contribution in [-0.4, -0.2) is 22.1 Å². The van der Waals surface area contributed by atoms with E-state index in [1.54, 1.807) is 28.8 Å². The number of aryl methyl sites for hydroxylation is 1. The van der Waals surface area contributed by atoms with E-state index >= 15 is 4.39 Å². The molecule has 1 heterocycles. The van der Waals surface area contributed by atoms with E-state index in [1.165, 1.54) is 6.33 Å². The van der Waals surface area contributed by atoms with Crippen LogP contribution in [0.4, 0.5) is 15.8 Å². The molecule has 10 heteroatoms. The number of hydrogen-bond acceptors (Lipinski definition) is 5. The first-order valence-corrected chi connectivity index (χ1v) is 11.3. The van der Waals surface area contributed by atoms with Crippen molar-refractivity contribution in [3.63, 3.8) is 0 Å². The molecule has 3 aromatic rings. The minimum Gasteiger partial charge on any atom is -0.351 e. The summed E-state index contributed by atoms with van der Waals surface area (Å²) in [7, 11) is 0. The molecule has 2 N–H and O–H groups in total. The van der Waals surface area contributed by atoms with Crippen LogP contribution in [0.25, 0.3) is 11.0 Å². The molecule has 166 valence electrons. The number of halogens is 3. The lowest BCUT2D eigenvalue weighted by Crippen LogP contribution is -2.26. The fourth-order valence-electron chi connectivity index (χ4n) is 3.26. The molecule has 1 fully saturated rings. The van der Waals surface area contributed by atoms with Crippen molar-refractivity contribution < 1.29 is 14.0 Å². The number of carbonyl (C=O) groups excluding carboxylic acids is 1. The Hall–Kier alpha value is -2.67. The van der Waals surface area contributed by atoms with Crippen molar-refractivity contribution in [2.75, 3.05) is 11.9 Å². The number of amides is 1. The summed E-state index contributed by atoms with van der Waals surface area (Å²) in [6.07, 6.45) is 4.61. The number of rotatable bonds is 9. The highest BCUT2D eigenvalue weighted by Crippen LogP contribution is 2.34. The quantitative estimate of drug-likeness (QED) is 0.278. The zero-order valence-corrected chi connectivity index (χ0v) is 19.3. The highest BCUT2D eigenvalue weighted by molar-refractivity contribution is 9.10. The highest BCUT2D eigenvalue weighted by Gasteiger charge is 2.25. The standard InChI is InChI=1S/C22H20BrClFN5O2/c23-14-5-6-17(16(24)9-14)28-20-15(22(31)29-32-11-13-3-4-13)10-18-21(19(20)25)27-12-30(18)8-2-1-7-26/h5-6,9-10,12-13,28H,1-4,8,11H2,(H,29,31). The smallest absolute Gasteiger partial charge is 0.277 e. The van der Waals surface area contributed by atoms with E-state index in [-0.39, 0.29) is 16.8 Å². The number of nitrogens with one attached hydrogen (secondary N) is 2. The Labute approximate surface area is 197 Å². The van der Waals surface area contributed by atoms with Crippen molar-refractivity contribution >= 4 is 55.8 Å². The molecule has 1 aliphatic carbocycles. The molecular formula is C22H20BrClFN5O2. The van der Waals surface area contributed by atoms with E-state index < -0.39 is 11.7 Å². The van der Waals surface area contributed by atoms with Crippen LogP contribution >= 0.6 is 27.5 Å². The van der Waals surface area contributed by atoms with Crippen molar-refractivity contribution in [3.05, 3.63) is 51.5 Å². The topological polar surface area (TPSA) is 92.0 Å². The molecule has 7 nitrogen and oxygen atoms in total. The average Bonchev–Trinajstić information content (AvgIpc) is 3.50. The molecule has 1 amide bonds. The first-order valence-electron chi connectivity index (χ1n) is 10.2. The number of aromatic nitrogens is 2. The Morgan fingerprint density at radius 2 is 2.22 bits per heavy atom. The number of anilines is 2. The SMILES string of the molecule is N#CCCCn1cnc2c(F)c(Nc3ccc(Br)cc3Cl)c(C(=O)NOCC3CC3)cc21. The molecule has 0 atom stereocenters. The normalized spacial score (nSPS) is 13.2. The number of fused-ring (bicyclic) bond motifs is 1. The Bertz CT molecular complexity index is 1210. The van der Waals surface area contributed by atoms with Crippen LogP contribution in [-0.2, 0) is 11.4 Å². The van der Waals surface area contributed by atoms with Crippen molar-refractivity contribution in [2.24, 2.45) is 5.92 Å². The van der Waals surface area contributed by atoms with Gasteiger partial charge in [0, 0.05) is 17.4 Å². The molecule has 1 aliphatic rings. The van der Waals surface area contributed by atoms with Crippen molar-refractivity contribution in [1.82, 2.24) is 15.0 Å². The Morgan fingerprint density at radius 1 is 1.41 bits per heavy atom. The predicted octanol–water partition coefficient (Wildman–Crippen LogP) is 5.71. The molecule has 0 aliphatic heterocycles. The van der Waals surface area contributed by atoms with Gasteiger partial charge in [-0.1, -0.05) is 27.5 Å². The van der Waals surface area contributed by atoms with Gasteiger partial charge in [-0.05, 0) is 49.4 Å². The minimum absolute atomic E-state index is 0.0449. The third-order valence-corrected chi connectivity index (χ3v) is 5.97. The largest absolute Gasteiger partial charge is 0.351 e. The van der Waals surface area contributed by atoms with Crippen molar-refractivity contribution in [1.29, 1.82) is 5.26 Å². The molecule has 0 saturated heterocycles. The summed E-state index contributed by atoms with van der Waals surface area (Å²) in [5.74, 6) is -0.796. The summed E-state index contributed by atoms with van der Waals surface area (Å²) < 4.78 is 18.1. The number of imidazole rings is 1. The average molecular weight is 521 g/mol. The zero-order chi connectivity index (χ0) is 22.7. The fourth-order valence-corrected chi connectivity index (χ4v) is 3.98. The molecule has 1 saturated carbocycles. The van der Waals surface area contributed by atoms with Crippen LogP contribution in [0.3, 0.4) is 0 Å². The highest BCUT2D eigenvalue weighted by atomic mass is 79.9. The maximum absolute atomic E-state index is 15.6. The Kier molecular flexibility index (Phi) is 6.94. The van der Waals surface area contributed by atoms with E-state index in [4.69, 9.17) is 21.7 Å². The maximum atomic E-state index is 15.6. The molecule has 0 spiro atoms. The summed E-state index contributed by atoms with van der Waals surface area (Å²) >= 11 is 9.64. The predicted molar refractivity (Wildman–Crippen MR) is 123 cm³/mol. The van der Waals surface area contributed by atoms with Gasteiger partial charge in [-0.15, -0.1) is 0 Å². The summed E-state index contributed by atoms with van der Waals surface area (Å²) in [6, 6.07) is 8.77. The van der Waals surface area contributed by atoms with Crippen LogP contribution in [0.15, 0.2) is 35.1 Å². The molecule has 4 rings (SSSR count). The molecule has 32 heavy (non-hydrogen) atoms. The molecule has 0 bridgehead atoms. The molecule has 0 radical (unpaired) electrons. The third kappa shape index (κ3) is 5.04. The van der Waals surface area contributed by atoms with Gasteiger partial charge in [-0.2, -0.15) is 5.26 Å². The second kappa shape index (κ2) is 9.86. The van der Waals surface area contributed by atoms with Crippen molar-refractivity contribution in [2.45, 2.75) is 32.2 Å². The first-order chi connectivity index (χ1) is 15.5. The van der Waals surface area contributed by atoms with Gasteiger partial charge in [0.05, 0.1) is 46.5 Å². The number of hydroxylamine groups is 1. The number of carbonyl (C=O) groups is 1. The van der Waals surface area contributed by atoms with Gasteiger partial charge >= 0.3 is 0 Å². The summed E-state index contributed by atoms with van der Waals surface area (Å²) in [4.78, 5) is 22.4. The fraction of sp³-hybridized carbons (Fsp3) is 0.318. The third-order valence-electron chi connectivity index (χ3n) is 5.16. The van der Waals surface area contributed by atoms with E-state index in [0.717, 1.165) is 17.3 Å². The summed E-state index contributed by atoms with van der Waals surface area (Å²) in [5.41, 5.74) is 3.45. The number of nitriles is 1. The van der Waals surface area contributed by atoms with Gasteiger partial charge in [-0.3, -0.25) is 9.63 Å². The van der Waals surface area contributed by atoms with Gasteiger partial charge < -0.3 is 9.88 Å². The second-order valence-electron chi connectivity index (χ2n) is 7.62. The molecule has 1 aromatic heterocycles. The van der Waals surface area contributed by atoms with Crippen LogP contribution in [0.1, 0.15) is 36.0 Å². The molecule has 0 unspecified atom stereocenters. The van der Waals surface area contributed by atoms with E-state index in [9.17, 15) is 4.79 Å². The number of benzene rings is 2. The van der Waals surface area contributed by atoms with Crippen LogP contribution in [0.5, 0.6) is 0 Å². The lowest BCUT2D eigenvalue weighted by Gasteiger charge is -2.15. The molecular weight excluding hydrogens is 501 g/mol. The number of hydrogen-bond donors (Lipinski definition) is 2. The minimum atomic E-state index is -0.673. The monoisotopic (exact) mass is 519 g/mol. The lowest BCUT2D eigenvalue weighted by atomic mass is 10.1. The van der Waals surface area contributed by atoms with E-state index in [2.05, 4.69) is 37.8 Å². The van der Waals surface area contributed by atoms with Gasteiger partial charge in [0.2, 0.25) is 0 Å². The van der Waals surface area contributed by atoms with E-state index in [0.29, 0.717) is 48.1 Å². The number of nitrogens with zero attached hydrogens (tertiary/aromatic N) is 3. The van der Waals surface area contributed by atoms with Crippen LogP contribution in [0, 0.1) is 23.1 Å². The first kappa shape index (κ1) is 22.5. The van der Waals surface area contributed by atoms with Gasteiger partial charge in [0.25, 0.3) is 5.91 Å². The summed E-state index contributed by atoms with van der Waals surface area (Å²) in [5, 5.41) is 12.1. The zero-order valence-electron chi connectivity index (χ0n) is 17.0. The maximum Gasteiger partial charge on any atom is 0.277 e. The van der Waals surface area contributed by atoms with E-state index in [1.807, 2.05) is 0 Å². The second-order valence-corrected chi connectivity index (χ2v) is 8.94. The molecule has 2 aromatic carbocycles. The van der Waals surface area contributed by atoms with Crippen LogP contribution in [0.2, 0.25) is 5.02 Å². The summed E-state index contributed by atoms with van der Waals surface area (Å²) in [6.45, 7) is 0.901. The Balaban J connectivity index is 1.72. The van der Waals surface area contributed by atoms with Crippen molar-refractivity contribution in [3.8, 4) is 6.07 Å². The lowest BCUT2D eigenvalue weighted by molar-refractivity contribution is 0.0271. The van der Waals surface area contributed by atoms with Gasteiger partial charge in [0.1, 0.15) is 5.52 Å². The Morgan fingerprint density at radius 3 is 2.94 bits per heavy atom.